The van der Waals surface area contributed by atoms with Crippen LogP contribution in [0.4, 0.5) is 0 Å². The molecule has 0 spiro atoms. The second-order valence-electron chi connectivity index (χ2n) is 6.88. The maximum atomic E-state index is 11.4. The third kappa shape index (κ3) is 12.2. The van der Waals surface area contributed by atoms with Gasteiger partial charge in [0.25, 0.3) is 0 Å². The molecule has 0 N–H and O–H groups in total. The number of hydrogen-bond acceptors (Lipinski definition) is 4. The van der Waals surface area contributed by atoms with E-state index in [4.69, 9.17) is 4.89 Å². The molecule has 0 aliphatic heterocycles. The Morgan fingerprint density at radius 3 is 2.16 bits per heavy atom. The Morgan fingerprint density at radius 1 is 1.00 bits per heavy atom. The van der Waals surface area contributed by atoms with E-state index in [0.29, 0.717) is 11.8 Å². The molecule has 0 aromatic heterocycles. The summed E-state index contributed by atoms with van der Waals surface area (Å²) in [5.74, 6) is -0.374. The molecule has 114 valence electrons. The zero-order chi connectivity index (χ0) is 14.9. The fourth-order valence-corrected chi connectivity index (χ4v) is 1.76. The predicted octanol–water partition coefficient (Wildman–Crippen LogP) is 4.58. The molecular formula is C15H30O4. The lowest BCUT2D eigenvalue weighted by Crippen LogP contribution is -2.25. The molecule has 0 aromatic rings. The van der Waals surface area contributed by atoms with Crippen LogP contribution in [0.15, 0.2) is 0 Å². The second kappa shape index (κ2) is 8.54. The number of rotatable bonds is 9. The highest BCUT2D eigenvalue weighted by molar-refractivity contribution is 5.68. The van der Waals surface area contributed by atoms with Crippen LogP contribution in [0.2, 0.25) is 0 Å². The van der Waals surface area contributed by atoms with E-state index in [9.17, 15) is 4.79 Å². The number of unbranched alkanes of at least 4 members (excludes halogenated alkanes) is 1. The van der Waals surface area contributed by atoms with Crippen molar-refractivity contribution in [1.29, 1.82) is 0 Å². The molecule has 4 nitrogen and oxygen atoms in total. The first-order chi connectivity index (χ1) is 8.66. The minimum absolute atomic E-state index is 0.313. The first-order valence-corrected chi connectivity index (χ1v) is 7.21. The first kappa shape index (κ1) is 18.4. The van der Waals surface area contributed by atoms with Crippen molar-refractivity contribution < 1.29 is 19.6 Å². The average molecular weight is 274 g/mol. The minimum atomic E-state index is -0.429. The van der Waals surface area contributed by atoms with Crippen molar-refractivity contribution in [2.45, 2.75) is 85.7 Å². The molecule has 4 heteroatoms. The van der Waals surface area contributed by atoms with Gasteiger partial charge in [-0.25, -0.2) is 4.79 Å². The van der Waals surface area contributed by atoms with Gasteiger partial charge in [0, 0.05) is 6.42 Å². The summed E-state index contributed by atoms with van der Waals surface area (Å²) in [6.07, 6.45) is 5.13. The Morgan fingerprint density at radius 2 is 1.63 bits per heavy atom. The van der Waals surface area contributed by atoms with Crippen LogP contribution in [0.1, 0.15) is 80.1 Å². The van der Waals surface area contributed by atoms with Crippen molar-refractivity contribution in [3.8, 4) is 0 Å². The van der Waals surface area contributed by atoms with Crippen LogP contribution in [0, 0.1) is 5.41 Å². The van der Waals surface area contributed by atoms with Crippen molar-refractivity contribution in [2.75, 3.05) is 0 Å². The average Bonchev–Trinajstić information content (AvgIpc) is 2.22. The highest BCUT2D eigenvalue weighted by atomic mass is 17.5. The Labute approximate surface area is 117 Å². The Kier molecular flexibility index (Phi) is 8.26. The number of hydrogen-bond donors (Lipinski definition) is 0. The monoisotopic (exact) mass is 274 g/mol. The van der Waals surface area contributed by atoms with E-state index < -0.39 is 5.60 Å². The smallest absolute Gasteiger partial charge is 0.269 e. The Bertz CT molecular complexity index is 253. The molecule has 0 rings (SSSR count). The largest absolute Gasteiger partial charge is 0.345 e. The van der Waals surface area contributed by atoms with Crippen LogP contribution in [-0.2, 0) is 19.6 Å². The third-order valence-corrected chi connectivity index (χ3v) is 2.80. The topological polar surface area (TPSA) is 44.8 Å². The van der Waals surface area contributed by atoms with Crippen LogP contribution in [-0.4, -0.2) is 11.6 Å². The molecule has 0 radical (unpaired) electrons. The van der Waals surface area contributed by atoms with Gasteiger partial charge in [-0.05, 0) is 43.6 Å². The lowest BCUT2D eigenvalue weighted by molar-refractivity contribution is -0.517. The van der Waals surface area contributed by atoms with E-state index >= 15 is 0 Å². The highest BCUT2D eigenvalue weighted by Crippen LogP contribution is 2.22. The molecule has 0 saturated heterocycles. The first-order valence-electron chi connectivity index (χ1n) is 7.21. The summed E-state index contributed by atoms with van der Waals surface area (Å²) < 4.78 is 0. The molecule has 0 aliphatic carbocycles. The zero-order valence-corrected chi connectivity index (χ0v) is 13.4. The van der Waals surface area contributed by atoms with Gasteiger partial charge < -0.3 is 0 Å². The summed E-state index contributed by atoms with van der Waals surface area (Å²) in [7, 11) is 0. The van der Waals surface area contributed by atoms with Gasteiger partial charge in [-0.2, -0.15) is 4.89 Å². The van der Waals surface area contributed by atoms with Crippen LogP contribution in [0.25, 0.3) is 0 Å². The minimum Gasteiger partial charge on any atom is -0.269 e. The van der Waals surface area contributed by atoms with E-state index in [-0.39, 0.29) is 5.97 Å². The molecule has 0 fully saturated rings. The van der Waals surface area contributed by atoms with Crippen molar-refractivity contribution in [2.24, 2.45) is 5.41 Å². The molecule has 19 heavy (non-hydrogen) atoms. The van der Waals surface area contributed by atoms with Crippen molar-refractivity contribution >= 4 is 5.97 Å². The van der Waals surface area contributed by atoms with Gasteiger partial charge >= 0.3 is 5.97 Å². The van der Waals surface area contributed by atoms with Crippen LogP contribution in [0.3, 0.4) is 0 Å². The summed E-state index contributed by atoms with van der Waals surface area (Å²) in [4.78, 5) is 21.0. The quantitative estimate of drug-likeness (QED) is 0.351. The van der Waals surface area contributed by atoms with Gasteiger partial charge in [0.15, 0.2) is 0 Å². The fourth-order valence-electron chi connectivity index (χ4n) is 1.76. The second-order valence-corrected chi connectivity index (χ2v) is 6.88. The Balaban J connectivity index is 3.60. The summed E-state index contributed by atoms with van der Waals surface area (Å²) in [5, 5.41) is 4.56. The highest BCUT2D eigenvalue weighted by Gasteiger charge is 2.20. The van der Waals surface area contributed by atoms with E-state index in [1.54, 1.807) is 0 Å². The molecule has 0 heterocycles. The van der Waals surface area contributed by atoms with E-state index in [0.717, 1.165) is 32.1 Å². The van der Waals surface area contributed by atoms with Gasteiger partial charge in [-0.1, -0.05) is 40.5 Å². The molecule has 0 atom stereocenters. The summed E-state index contributed by atoms with van der Waals surface area (Å²) in [5.41, 5.74) is -0.116. The van der Waals surface area contributed by atoms with E-state index in [2.05, 4.69) is 37.6 Å². The standard InChI is InChI=1S/C15H30O4/c1-7-11-15(5,6)18-19-17-13(16)10-8-9-12-14(2,3)4/h7-12H2,1-6H3. The lowest BCUT2D eigenvalue weighted by Gasteiger charge is -2.20. The van der Waals surface area contributed by atoms with E-state index in [1.807, 2.05) is 13.8 Å². The van der Waals surface area contributed by atoms with Crippen LogP contribution >= 0.6 is 0 Å². The van der Waals surface area contributed by atoms with Gasteiger partial charge in [0.05, 0.1) is 0 Å². The van der Waals surface area contributed by atoms with Crippen LogP contribution in [0.5, 0.6) is 0 Å². The summed E-state index contributed by atoms with van der Waals surface area (Å²) in [6.45, 7) is 12.4. The third-order valence-electron chi connectivity index (χ3n) is 2.80. The number of carbonyl (C=O) groups is 1. The van der Waals surface area contributed by atoms with Gasteiger partial charge in [-0.3, -0.25) is 4.89 Å². The summed E-state index contributed by atoms with van der Waals surface area (Å²) in [6, 6.07) is 0. The number of carbonyl (C=O) groups excluding carboxylic acids is 1. The maximum absolute atomic E-state index is 11.4. The van der Waals surface area contributed by atoms with E-state index in [1.165, 1.54) is 0 Å². The molecule has 0 aliphatic rings. The molecule has 0 aromatic carbocycles. The summed E-state index contributed by atoms with van der Waals surface area (Å²) >= 11 is 0. The SMILES string of the molecule is CCCC(C)(C)OOOC(=O)CCCCC(C)(C)C. The van der Waals surface area contributed by atoms with Gasteiger partial charge in [0.2, 0.25) is 0 Å². The zero-order valence-electron chi connectivity index (χ0n) is 13.4. The maximum Gasteiger partial charge on any atom is 0.345 e. The van der Waals surface area contributed by atoms with Gasteiger partial charge in [-0.15, -0.1) is 0 Å². The van der Waals surface area contributed by atoms with Crippen molar-refractivity contribution in [3.63, 3.8) is 0 Å². The van der Waals surface area contributed by atoms with Crippen molar-refractivity contribution in [1.82, 2.24) is 0 Å². The molecule has 0 amide bonds. The molecule has 0 unspecified atom stereocenters. The normalized spacial score (nSPS) is 12.5. The molecule has 0 saturated carbocycles. The van der Waals surface area contributed by atoms with Crippen molar-refractivity contribution in [3.05, 3.63) is 0 Å². The van der Waals surface area contributed by atoms with Crippen LogP contribution < -0.4 is 0 Å². The predicted molar refractivity (Wildman–Crippen MR) is 75.2 cm³/mol. The van der Waals surface area contributed by atoms with Gasteiger partial charge in [0.1, 0.15) is 5.60 Å². The molecular weight excluding hydrogens is 244 g/mol. The Hall–Kier alpha value is -0.610. The molecule has 0 bridgehead atoms. The lowest BCUT2D eigenvalue weighted by atomic mass is 9.89. The fraction of sp³-hybridized carbons (Fsp3) is 0.933.